The average Bonchev–Trinajstić information content (AvgIpc) is 2.80. The molecule has 0 spiro atoms. The van der Waals surface area contributed by atoms with Crippen molar-refractivity contribution < 1.29 is 33.3 Å². The highest BCUT2D eigenvalue weighted by Gasteiger charge is 2.18. The summed E-state index contributed by atoms with van der Waals surface area (Å²) in [5, 5.41) is 5.33. The molecule has 2 rings (SSSR count). The van der Waals surface area contributed by atoms with Crippen LogP contribution in [0.2, 0.25) is 10.0 Å². The number of methoxy groups -OCH3 is 3. The highest BCUT2D eigenvalue weighted by molar-refractivity contribution is 6.37. The molecule has 1 heterocycles. The van der Waals surface area contributed by atoms with Gasteiger partial charge in [-0.1, -0.05) is 23.2 Å². The summed E-state index contributed by atoms with van der Waals surface area (Å²) in [5.41, 5.74) is 0.717. The van der Waals surface area contributed by atoms with Crippen LogP contribution in [0.3, 0.4) is 0 Å². The zero-order chi connectivity index (χ0) is 23.8. The van der Waals surface area contributed by atoms with Crippen LogP contribution in [0.4, 0.5) is 5.82 Å². The Labute approximate surface area is 194 Å². The van der Waals surface area contributed by atoms with Crippen molar-refractivity contribution in [1.29, 1.82) is 0 Å². The number of ether oxygens (including phenoxy) is 4. The van der Waals surface area contributed by atoms with Crippen molar-refractivity contribution in [3.8, 4) is 17.2 Å². The lowest BCUT2D eigenvalue weighted by Crippen LogP contribution is -2.32. The standard InChI is InChI=1S/C20H21Cl2N3O7/c1-10-12(21)7-23-19(17(10)22)25-15(26)9-32-16(27)8-24-20(28)11-5-13(29-2)18(31-4)14(6-11)30-3/h5-7H,8-9H2,1-4H3,(H,24,28)(H,23,25,26). The molecule has 2 amide bonds. The first-order chi connectivity index (χ1) is 15.2. The maximum Gasteiger partial charge on any atom is 0.325 e. The number of rotatable bonds is 9. The van der Waals surface area contributed by atoms with Crippen LogP contribution in [0.5, 0.6) is 17.2 Å². The average molecular weight is 486 g/mol. The van der Waals surface area contributed by atoms with Gasteiger partial charge in [0, 0.05) is 11.8 Å². The van der Waals surface area contributed by atoms with Crippen LogP contribution in [-0.4, -0.2) is 57.2 Å². The monoisotopic (exact) mass is 485 g/mol. The molecule has 12 heteroatoms. The first kappa shape index (κ1) is 25.0. The van der Waals surface area contributed by atoms with Gasteiger partial charge in [0.25, 0.3) is 11.8 Å². The second-order valence-corrected chi connectivity index (χ2v) is 6.98. The minimum atomic E-state index is -0.827. The molecule has 32 heavy (non-hydrogen) atoms. The van der Waals surface area contributed by atoms with Crippen molar-refractivity contribution >= 4 is 46.8 Å². The third-order valence-corrected chi connectivity index (χ3v) is 4.99. The number of carbonyl (C=O) groups excluding carboxylic acids is 3. The number of benzene rings is 1. The van der Waals surface area contributed by atoms with E-state index in [1.807, 2.05) is 0 Å². The number of esters is 1. The van der Waals surface area contributed by atoms with E-state index in [1.54, 1.807) is 6.92 Å². The molecule has 0 aliphatic rings. The van der Waals surface area contributed by atoms with Gasteiger partial charge >= 0.3 is 5.97 Å². The van der Waals surface area contributed by atoms with Gasteiger partial charge in [-0.15, -0.1) is 0 Å². The van der Waals surface area contributed by atoms with Gasteiger partial charge in [0.15, 0.2) is 23.9 Å². The Bertz CT molecular complexity index is 1010. The van der Waals surface area contributed by atoms with E-state index in [0.717, 1.165) is 0 Å². The Balaban J connectivity index is 1.90. The number of nitrogens with zero attached hydrogens (tertiary/aromatic N) is 1. The molecule has 0 aliphatic carbocycles. The van der Waals surface area contributed by atoms with E-state index >= 15 is 0 Å². The number of pyridine rings is 1. The molecule has 2 N–H and O–H groups in total. The number of aromatic nitrogens is 1. The number of nitrogens with one attached hydrogen (secondary N) is 2. The Morgan fingerprint density at radius 2 is 1.66 bits per heavy atom. The Hall–Kier alpha value is -3.24. The quantitative estimate of drug-likeness (QED) is 0.519. The maximum absolute atomic E-state index is 12.4. The summed E-state index contributed by atoms with van der Waals surface area (Å²) in [4.78, 5) is 40.2. The maximum atomic E-state index is 12.4. The Kier molecular flexibility index (Phi) is 8.91. The summed E-state index contributed by atoms with van der Waals surface area (Å²) >= 11 is 12.0. The predicted molar refractivity (Wildman–Crippen MR) is 117 cm³/mol. The highest BCUT2D eigenvalue weighted by Crippen LogP contribution is 2.38. The first-order valence-electron chi connectivity index (χ1n) is 9.06. The van der Waals surface area contributed by atoms with E-state index in [-0.39, 0.29) is 27.9 Å². The van der Waals surface area contributed by atoms with Crippen LogP contribution in [0.15, 0.2) is 18.3 Å². The number of hydrogen-bond donors (Lipinski definition) is 2. The smallest absolute Gasteiger partial charge is 0.325 e. The fourth-order valence-corrected chi connectivity index (χ4v) is 2.87. The normalized spacial score (nSPS) is 10.2. The van der Waals surface area contributed by atoms with Gasteiger partial charge in [-0.05, 0) is 24.6 Å². The predicted octanol–water partition coefficient (Wildman–Crippen LogP) is 2.63. The van der Waals surface area contributed by atoms with Crippen LogP contribution in [0, 0.1) is 6.92 Å². The fourth-order valence-electron chi connectivity index (χ4n) is 2.48. The molecule has 0 radical (unpaired) electrons. The number of carbonyl (C=O) groups is 3. The summed E-state index contributed by atoms with van der Waals surface area (Å²) in [5.74, 6) is -1.11. The molecule has 0 fully saturated rings. The molecule has 0 saturated heterocycles. The van der Waals surface area contributed by atoms with Crippen LogP contribution >= 0.6 is 23.2 Å². The largest absolute Gasteiger partial charge is 0.493 e. The number of halogens is 2. The van der Waals surface area contributed by atoms with Crippen LogP contribution in [0.1, 0.15) is 15.9 Å². The van der Waals surface area contributed by atoms with Crippen molar-refractivity contribution in [3.05, 3.63) is 39.5 Å². The minimum absolute atomic E-state index is 0.0883. The van der Waals surface area contributed by atoms with E-state index in [2.05, 4.69) is 15.6 Å². The molecule has 0 unspecified atom stereocenters. The van der Waals surface area contributed by atoms with Gasteiger partial charge in [0.1, 0.15) is 6.54 Å². The van der Waals surface area contributed by atoms with Gasteiger partial charge in [-0.25, -0.2) is 4.98 Å². The lowest BCUT2D eigenvalue weighted by Gasteiger charge is -2.14. The summed E-state index contributed by atoms with van der Waals surface area (Å²) < 4.78 is 20.4. The Morgan fingerprint density at radius 1 is 1.03 bits per heavy atom. The summed E-state index contributed by atoms with van der Waals surface area (Å²) in [6.07, 6.45) is 1.34. The topological polar surface area (TPSA) is 125 Å². The van der Waals surface area contributed by atoms with E-state index in [9.17, 15) is 14.4 Å². The lowest BCUT2D eigenvalue weighted by molar-refractivity contribution is -0.146. The second-order valence-electron chi connectivity index (χ2n) is 6.20. The molecule has 172 valence electrons. The number of anilines is 1. The van der Waals surface area contributed by atoms with E-state index in [4.69, 9.17) is 42.1 Å². The number of amides is 2. The van der Waals surface area contributed by atoms with Gasteiger partial charge in [0.05, 0.1) is 31.4 Å². The van der Waals surface area contributed by atoms with Crippen molar-refractivity contribution in [1.82, 2.24) is 10.3 Å². The van der Waals surface area contributed by atoms with Crippen molar-refractivity contribution in [2.24, 2.45) is 0 Å². The van der Waals surface area contributed by atoms with Crippen LogP contribution in [-0.2, 0) is 14.3 Å². The molecule has 1 aromatic heterocycles. The van der Waals surface area contributed by atoms with E-state index in [0.29, 0.717) is 16.3 Å². The number of hydrogen-bond acceptors (Lipinski definition) is 8. The van der Waals surface area contributed by atoms with Crippen LogP contribution in [0.25, 0.3) is 0 Å². The van der Waals surface area contributed by atoms with Crippen LogP contribution < -0.4 is 24.8 Å². The summed E-state index contributed by atoms with van der Waals surface area (Å²) in [6.45, 7) is 0.596. The first-order valence-corrected chi connectivity index (χ1v) is 9.81. The lowest BCUT2D eigenvalue weighted by atomic mass is 10.1. The zero-order valence-corrected chi connectivity index (χ0v) is 19.2. The zero-order valence-electron chi connectivity index (χ0n) is 17.7. The molecule has 1 aromatic carbocycles. The van der Waals surface area contributed by atoms with Crippen molar-refractivity contribution in [2.75, 3.05) is 39.8 Å². The third kappa shape index (κ3) is 6.14. The summed E-state index contributed by atoms with van der Waals surface area (Å²) in [6, 6.07) is 2.86. The molecular formula is C20H21Cl2N3O7. The van der Waals surface area contributed by atoms with Gasteiger partial charge in [0.2, 0.25) is 5.75 Å². The molecule has 2 aromatic rings. The van der Waals surface area contributed by atoms with E-state index < -0.39 is 30.9 Å². The summed E-state index contributed by atoms with van der Waals surface area (Å²) in [7, 11) is 4.26. The SMILES string of the molecule is COc1cc(C(=O)NCC(=O)OCC(=O)Nc2ncc(Cl)c(C)c2Cl)cc(OC)c1OC. The molecule has 0 saturated carbocycles. The fraction of sp³-hybridized carbons (Fsp3) is 0.300. The molecule has 0 bridgehead atoms. The molecule has 0 atom stereocenters. The molecule has 0 aliphatic heterocycles. The minimum Gasteiger partial charge on any atom is -0.493 e. The highest BCUT2D eigenvalue weighted by atomic mass is 35.5. The third-order valence-electron chi connectivity index (χ3n) is 4.14. The second kappa shape index (κ2) is 11.4. The van der Waals surface area contributed by atoms with Crippen molar-refractivity contribution in [3.63, 3.8) is 0 Å². The van der Waals surface area contributed by atoms with Gasteiger partial charge in [-0.2, -0.15) is 0 Å². The van der Waals surface area contributed by atoms with Gasteiger partial charge < -0.3 is 29.6 Å². The van der Waals surface area contributed by atoms with E-state index in [1.165, 1.54) is 39.7 Å². The molecule has 10 nitrogen and oxygen atoms in total. The van der Waals surface area contributed by atoms with Crippen molar-refractivity contribution in [2.45, 2.75) is 6.92 Å². The molecular weight excluding hydrogens is 465 g/mol. The Morgan fingerprint density at radius 3 is 2.22 bits per heavy atom. The van der Waals surface area contributed by atoms with Gasteiger partial charge in [-0.3, -0.25) is 14.4 Å².